The second-order valence-corrected chi connectivity index (χ2v) is 6.61. The minimum atomic E-state index is -4.75. The summed E-state index contributed by atoms with van der Waals surface area (Å²) < 4.78 is 51.2. The van der Waals surface area contributed by atoms with Crippen LogP contribution in [0.25, 0.3) is 0 Å². The lowest BCUT2D eigenvalue weighted by atomic mass is 9.98. The Labute approximate surface area is 169 Å². The van der Waals surface area contributed by atoms with Gasteiger partial charge in [0, 0.05) is 28.0 Å². The first-order chi connectivity index (χ1) is 13.7. The quantitative estimate of drug-likeness (QED) is 0.741. The molecule has 1 aliphatic rings. The Morgan fingerprint density at radius 2 is 2.07 bits per heavy atom. The molecule has 0 bridgehead atoms. The summed E-state index contributed by atoms with van der Waals surface area (Å²) in [7, 11) is 0. The summed E-state index contributed by atoms with van der Waals surface area (Å²) in [5.41, 5.74) is -1.00. The predicted octanol–water partition coefficient (Wildman–Crippen LogP) is 4.13. The van der Waals surface area contributed by atoms with Crippen molar-refractivity contribution in [2.24, 2.45) is 0 Å². The molecule has 0 saturated heterocycles. The van der Waals surface area contributed by atoms with Crippen LogP contribution in [0.5, 0.6) is 0 Å². The van der Waals surface area contributed by atoms with E-state index in [-0.39, 0.29) is 28.4 Å². The van der Waals surface area contributed by atoms with Crippen LogP contribution in [0.1, 0.15) is 36.3 Å². The maximum absolute atomic E-state index is 13.5. The minimum Gasteiger partial charge on any atom is -0.466 e. The molecule has 29 heavy (non-hydrogen) atoms. The fourth-order valence-corrected chi connectivity index (χ4v) is 3.18. The van der Waals surface area contributed by atoms with Crippen molar-refractivity contribution in [2.45, 2.75) is 31.7 Å². The molecule has 2 aromatic rings. The zero-order valence-electron chi connectivity index (χ0n) is 15.1. The maximum Gasteiger partial charge on any atom is 0.433 e. The van der Waals surface area contributed by atoms with Crippen LogP contribution < -0.4 is 5.32 Å². The van der Waals surface area contributed by atoms with E-state index in [4.69, 9.17) is 21.1 Å². The normalized spacial score (nSPS) is 19.1. The molecular formula is C19H16ClF3N2O4. The number of fused-ring (bicyclic) bond motifs is 1. The molecule has 1 aromatic heterocycles. The fourth-order valence-electron chi connectivity index (χ4n) is 3.00. The molecule has 1 aliphatic heterocycles. The van der Waals surface area contributed by atoms with Crippen LogP contribution in [-0.2, 0) is 25.2 Å². The number of benzene rings is 1. The smallest absolute Gasteiger partial charge is 0.433 e. The maximum atomic E-state index is 13.5. The second kappa shape index (κ2) is 8.38. The number of carbonyl (C=O) groups excluding carboxylic acids is 2. The van der Waals surface area contributed by atoms with Crippen LogP contribution in [-0.4, -0.2) is 29.6 Å². The molecule has 2 atom stereocenters. The van der Waals surface area contributed by atoms with Gasteiger partial charge in [-0.15, -0.1) is 0 Å². The van der Waals surface area contributed by atoms with Crippen LogP contribution in [0.2, 0.25) is 5.02 Å². The summed E-state index contributed by atoms with van der Waals surface area (Å²) in [4.78, 5) is 27.9. The number of anilines is 1. The number of nitrogens with zero attached hydrogens (tertiary/aromatic N) is 1. The van der Waals surface area contributed by atoms with Gasteiger partial charge in [-0.1, -0.05) is 17.7 Å². The van der Waals surface area contributed by atoms with Crippen LogP contribution in [0.4, 0.5) is 18.9 Å². The molecule has 0 aliphatic carbocycles. The summed E-state index contributed by atoms with van der Waals surface area (Å²) in [5, 5.41) is 2.82. The number of rotatable bonds is 4. The van der Waals surface area contributed by atoms with Gasteiger partial charge in [0.25, 0.3) is 5.91 Å². The molecule has 2 heterocycles. The largest absolute Gasteiger partial charge is 0.466 e. The van der Waals surface area contributed by atoms with E-state index >= 15 is 0 Å². The Bertz CT molecular complexity index is 936. The van der Waals surface area contributed by atoms with E-state index in [0.717, 1.165) is 6.20 Å². The average Bonchev–Trinajstić information content (AvgIpc) is 2.78. The van der Waals surface area contributed by atoms with Crippen LogP contribution in [0.3, 0.4) is 0 Å². The van der Waals surface area contributed by atoms with Gasteiger partial charge < -0.3 is 14.8 Å². The van der Waals surface area contributed by atoms with E-state index in [1.165, 1.54) is 30.3 Å². The molecule has 154 valence electrons. The molecule has 0 radical (unpaired) electrons. The van der Waals surface area contributed by atoms with Crippen molar-refractivity contribution < 1.29 is 32.2 Å². The zero-order valence-corrected chi connectivity index (χ0v) is 15.9. The number of hydrogen-bond donors (Lipinski definition) is 1. The van der Waals surface area contributed by atoms with Gasteiger partial charge >= 0.3 is 12.1 Å². The number of hydrogen-bond acceptors (Lipinski definition) is 5. The second-order valence-electron chi connectivity index (χ2n) is 6.17. The van der Waals surface area contributed by atoms with Crippen LogP contribution in [0, 0.1) is 0 Å². The summed E-state index contributed by atoms with van der Waals surface area (Å²) >= 11 is 6.03. The fraction of sp³-hybridized carbons (Fsp3) is 0.316. The van der Waals surface area contributed by atoms with Crippen molar-refractivity contribution in [1.29, 1.82) is 0 Å². The monoisotopic (exact) mass is 428 g/mol. The number of amides is 1. The van der Waals surface area contributed by atoms with E-state index in [0.29, 0.717) is 0 Å². The number of pyridine rings is 1. The van der Waals surface area contributed by atoms with Gasteiger partial charge in [-0.2, -0.15) is 13.2 Å². The van der Waals surface area contributed by atoms with Gasteiger partial charge in [0.05, 0.1) is 13.0 Å². The first-order valence-corrected chi connectivity index (χ1v) is 9.02. The molecule has 0 spiro atoms. The number of esters is 1. The zero-order chi connectivity index (χ0) is 21.2. The Morgan fingerprint density at radius 3 is 2.76 bits per heavy atom. The van der Waals surface area contributed by atoms with E-state index < -0.39 is 42.4 Å². The first-order valence-electron chi connectivity index (χ1n) is 8.64. The summed E-state index contributed by atoms with van der Waals surface area (Å²) in [6.45, 7) is 1.69. The first kappa shape index (κ1) is 21.1. The van der Waals surface area contributed by atoms with Gasteiger partial charge in [-0.05, 0) is 31.2 Å². The number of aromatic nitrogens is 1. The van der Waals surface area contributed by atoms with Crippen molar-refractivity contribution >= 4 is 29.2 Å². The van der Waals surface area contributed by atoms with Crippen molar-refractivity contribution in [3.8, 4) is 0 Å². The number of ether oxygens (including phenoxy) is 2. The van der Waals surface area contributed by atoms with Crippen molar-refractivity contribution in [1.82, 2.24) is 4.98 Å². The minimum absolute atomic E-state index is 0.0905. The lowest BCUT2D eigenvalue weighted by Gasteiger charge is -2.23. The third kappa shape index (κ3) is 4.68. The molecule has 0 saturated carbocycles. The van der Waals surface area contributed by atoms with E-state index in [9.17, 15) is 22.8 Å². The topological polar surface area (TPSA) is 77.5 Å². The molecule has 1 N–H and O–H groups in total. The highest BCUT2D eigenvalue weighted by Gasteiger charge is 2.41. The SMILES string of the molecule is CCOC(=O)C[C@H]1O[C@H](c2cccnc2C(F)(F)F)c2cc(Cl)ccc2NC1=O. The third-order valence-electron chi connectivity index (χ3n) is 4.19. The molecule has 1 aromatic carbocycles. The number of halogens is 4. The molecular weight excluding hydrogens is 413 g/mol. The summed E-state index contributed by atoms with van der Waals surface area (Å²) in [5.74, 6) is -1.39. The Balaban J connectivity index is 2.11. The highest BCUT2D eigenvalue weighted by molar-refractivity contribution is 6.30. The van der Waals surface area contributed by atoms with Crippen molar-refractivity contribution in [3.05, 3.63) is 58.4 Å². The van der Waals surface area contributed by atoms with E-state index in [2.05, 4.69) is 10.3 Å². The number of alkyl halides is 3. The van der Waals surface area contributed by atoms with Gasteiger partial charge in [-0.3, -0.25) is 14.6 Å². The highest BCUT2D eigenvalue weighted by atomic mass is 35.5. The van der Waals surface area contributed by atoms with Crippen LogP contribution >= 0.6 is 11.6 Å². The molecule has 10 heteroatoms. The van der Waals surface area contributed by atoms with E-state index in [1.807, 2.05) is 0 Å². The van der Waals surface area contributed by atoms with Gasteiger partial charge in [-0.25, -0.2) is 0 Å². The van der Waals surface area contributed by atoms with E-state index in [1.54, 1.807) is 6.92 Å². The van der Waals surface area contributed by atoms with Gasteiger partial charge in [0.1, 0.15) is 12.2 Å². The van der Waals surface area contributed by atoms with Gasteiger partial charge in [0.2, 0.25) is 0 Å². The lowest BCUT2D eigenvalue weighted by Crippen LogP contribution is -2.32. The molecule has 0 unspecified atom stereocenters. The standard InChI is InChI=1S/C19H16ClF3N2O4/c1-2-28-15(26)9-14-18(27)25-13-6-5-10(20)8-12(13)16(29-14)11-4-3-7-24-17(11)19(21,22)23/h3-8,14,16H,2,9H2,1H3,(H,25,27)/t14-,16-/m1/s1. The van der Waals surface area contributed by atoms with Crippen molar-refractivity contribution in [3.63, 3.8) is 0 Å². The van der Waals surface area contributed by atoms with Gasteiger partial charge in [0.15, 0.2) is 5.69 Å². The number of nitrogens with one attached hydrogen (secondary N) is 1. The molecule has 1 amide bonds. The average molecular weight is 429 g/mol. The van der Waals surface area contributed by atoms with Crippen LogP contribution in [0.15, 0.2) is 36.5 Å². The molecule has 6 nitrogen and oxygen atoms in total. The summed E-state index contributed by atoms with van der Waals surface area (Å²) in [6.07, 6.45) is -6.90. The predicted molar refractivity (Wildman–Crippen MR) is 97.3 cm³/mol. The van der Waals surface area contributed by atoms with Crippen molar-refractivity contribution in [2.75, 3.05) is 11.9 Å². The highest BCUT2D eigenvalue weighted by Crippen LogP contribution is 2.41. The summed E-state index contributed by atoms with van der Waals surface area (Å²) in [6, 6.07) is 6.89. The Kier molecular flexibility index (Phi) is 6.09. The third-order valence-corrected chi connectivity index (χ3v) is 4.43. The Hall–Kier alpha value is -2.65. The number of carbonyl (C=O) groups is 2. The lowest BCUT2D eigenvalue weighted by molar-refractivity contribution is -0.152. The molecule has 0 fully saturated rings. The molecule has 3 rings (SSSR count). The Morgan fingerprint density at radius 1 is 1.31 bits per heavy atom.